The Kier molecular flexibility index (Phi) is 6.84. The van der Waals surface area contributed by atoms with Gasteiger partial charge in [-0.25, -0.2) is 9.59 Å². The SMILES string of the molecule is C=Cc1cc(N2C(N)=C(C#N)C(c3ccccc3)C(C(=O)OC)=C2C(=O)OC)ccc1OC. The molecule has 0 saturated carbocycles. The Hall–Kier alpha value is -4.51. The first-order chi connectivity index (χ1) is 15.9. The predicted molar refractivity (Wildman–Crippen MR) is 123 cm³/mol. The maximum Gasteiger partial charge on any atom is 0.355 e. The minimum Gasteiger partial charge on any atom is -0.496 e. The second-order valence-corrected chi connectivity index (χ2v) is 6.97. The highest BCUT2D eigenvalue weighted by Gasteiger charge is 2.43. The van der Waals surface area contributed by atoms with Crippen LogP contribution < -0.4 is 15.4 Å². The standard InChI is InChI=1S/C25H23N3O5/c1-5-15-13-17(11-12-19(15)31-2)28-22(25(30)33-4)21(24(29)32-3)20(18(14-26)23(28)27)16-9-7-6-8-10-16/h5-13,20H,1,27H2,2-4H3. The Balaban J connectivity index is 2.41. The molecule has 2 N–H and O–H groups in total. The molecule has 8 heteroatoms. The van der Waals surface area contributed by atoms with Gasteiger partial charge in [0.2, 0.25) is 0 Å². The van der Waals surface area contributed by atoms with E-state index >= 15 is 0 Å². The molecule has 0 aliphatic carbocycles. The molecule has 33 heavy (non-hydrogen) atoms. The normalized spacial score (nSPS) is 15.6. The average molecular weight is 445 g/mol. The highest BCUT2D eigenvalue weighted by atomic mass is 16.5. The molecule has 1 unspecified atom stereocenters. The third-order valence-corrected chi connectivity index (χ3v) is 5.30. The van der Waals surface area contributed by atoms with E-state index in [0.29, 0.717) is 22.6 Å². The summed E-state index contributed by atoms with van der Waals surface area (Å²) in [6.07, 6.45) is 1.58. The number of nitrogens with two attached hydrogens (primary N) is 1. The number of rotatable bonds is 6. The van der Waals surface area contributed by atoms with E-state index in [4.69, 9.17) is 19.9 Å². The molecule has 0 bridgehead atoms. The van der Waals surface area contributed by atoms with Crippen molar-refractivity contribution >= 4 is 23.7 Å². The third-order valence-electron chi connectivity index (χ3n) is 5.30. The van der Waals surface area contributed by atoms with Gasteiger partial charge in [-0.1, -0.05) is 43.0 Å². The van der Waals surface area contributed by atoms with Gasteiger partial charge in [0.25, 0.3) is 0 Å². The number of nitrogens with zero attached hydrogens (tertiary/aromatic N) is 2. The van der Waals surface area contributed by atoms with Crippen molar-refractivity contribution in [3.05, 3.63) is 88.9 Å². The number of esters is 2. The summed E-state index contributed by atoms with van der Waals surface area (Å²) in [5.74, 6) is -1.99. The van der Waals surface area contributed by atoms with E-state index < -0.39 is 17.9 Å². The van der Waals surface area contributed by atoms with E-state index in [-0.39, 0.29) is 22.7 Å². The minimum atomic E-state index is -0.925. The van der Waals surface area contributed by atoms with E-state index in [1.165, 1.54) is 26.2 Å². The monoisotopic (exact) mass is 445 g/mol. The molecule has 1 aliphatic heterocycles. The lowest BCUT2D eigenvalue weighted by atomic mass is 9.81. The molecular weight excluding hydrogens is 422 g/mol. The molecule has 8 nitrogen and oxygen atoms in total. The molecule has 0 saturated heterocycles. The van der Waals surface area contributed by atoms with Crippen molar-refractivity contribution in [3.8, 4) is 11.8 Å². The van der Waals surface area contributed by atoms with E-state index in [9.17, 15) is 14.9 Å². The number of hydrogen-bond donors (Lipinski definition) is 1. The first-order valence-corrected chi connectivity index (χ1v) is 9.89. The summed E-state index contributed by atoms with van der Waals surface area (Å²) >= 11 is 0. The minimum absolute atomic E-state index is 0.0143. The summed E-state index contributed by atoms with van der Waals surface area (Å²) in [6, 6.07) is 15.9. The maximum atomic E-state index is 13.0. The van der Waals surface area contributed by atoms with Gasteiger partial charge in [-0.3, -0.25) is 4.90 Å². The summed E-state index contributed by atoms with van der Waals surface area (Å²) in [6.45, 7) is 3.78. The fourth-order valence-electron chi connectivity index (χ4n) is 3.80. The zero-order valence-corrected chi connectivity index (χ0v) is 18.5. The van der Waals surface area contributed by atoms with Crippen LogP contribution in [0.25, 0.3) is 6.08 Å². The van der Waals surface area contributed by atoms with E-state index in [0.717, 1.165) is 0 Å². The molecule has 1 heterocycles. The van der Waals surface area contributed by atoms with Crippen LogP contribution in [-0.2, 0) is 19.1 Å². The number of ether oxygens (including phenoxy) is 3. The zero-order chi connectivity index (χ0) is 24.1. The van der Waals surface area contributed by atoms with Crippen molar-refractivity contribution in [1.29, 1.82) is 5.26 Å². The van der Waals surface area contributed by atoms with Crippen molar-refractivity contribution in [2.45, 2.75) is 5.92 Å². The molecule has 3 rings (SSSR count). The van der Waals surface area contributed by atoms with Gasteiger partial charge in [-0.05, 0) is 23.8 Å². The van der Waals surface area contributed by atoms with Crippen LogP contribution in [0.3, 0.4) is 0 Å². The Bertz CT molecular complexity index is 1210. The largest absolute Gasteiger partial charge is 0.496 e. The lowest BCUT2D eigenvalue weighted by Crippen LogP contribution is -2.40. The Morgan fingerprint density at radius 1 is 1.09 bits per heavy atom. The second kappa shape index (κ2) is 9.75. The molecule has 168 valence electrons. The topological polar surface area (TPSA) is 115 Å². The van der Waals surface area contributed by atoms with E-state index in [2.05, 4.69) is 12.6 Å². The van der Waals surface area contributed by atoms with Crippen LogP contribution in [-0.4, -0.2) is 33.3 Å². The van der Waals surface area contributed by atoms with E-state index in [1.54, 1.807) is 54.6 Å². The van der Waals surface area contributed by atoms with Crippen molar-refractivity contribution in [3.63, 3.8) is 0 Å². The Morgan fingerprint density at radius 3 is 2.30 bits per heavy atom. The van der Waals surface area contributed by atoms with Gasteiger partial charge in [0.05, 0.1) is 44.5 Å². The quantitative estimate of drug-likeness (QED) is 0.674. The molecule has 1 atom stereocenters. The Morgan fingerprint density at radius 2 is 1.76 bits per heavy atom. The molecule has 0 radical (unpaired) electrons. The lowest BCUT2D eigenvalue weighted by Gasteiger charge is -2.36. The van der Waals surface area contributed by atoms with Crippen LogP contribution in [0.1, 0.15) is 17.0 Å². The van der Waals surface area contributed by atoms with Gasteiger partial charge < -0.3 is 19.9 Å². The van der Waals surface area contributed by atoms with Crippen LogP contribution in [0.4, 0.5) is 5.69 Å². The molecule has 0 amide bonds. The number of hydrogen-bond acceptors (Lipinski definition) is 8. The van der Waals surface area contributed by atoms with Crippen molar-refractivity contribution in [1.82, 2.24) is 0 Å². The smallest absolute Gasteiger partial charge is 0.355 e. The number of carbonyl (C=O) groups excluding carboxylic acids is 2. The fourth-order valence-corrected chi connectivity index (χ4v) is 3.80. The maximum absolute atomic E-state index is 13.0. The highest BCUT2D eigenvalue weighted by Crippen LogP contribution is 2.43. The lowest BCUT2D eigenvalue weighted by molar-refractivity contribution is -0.139. The molecule has 2 aromatic rings. The number of anilines is 1. The fraction of sp³-hybridized carbons (Fsp3) is 0.160. The zero-order valence-electron chi connectivity index (χ0n) is 18.5. The molecular formula is C25H23N3O5. The van der Waals surface area contributed by atoms with Crippen LogP contribution in [0, 0.1) is 11.3 Å². The predicted octanol–water partition coefficient (Wildman–Crippen LogP) is 3.24. The van der Waals surface area contributed by atoms with Gasteiger partial charge in [-0.15, -0.1) is 0 Å². The first kappa shape index (κ1) is 23.2. The van der Waals surface area contributed by atoms with Crippen LogP contribution in [0.2, 0.25) is 0 Å². The van der Waals surface area contributed by atoms with Gasteiger partial charge in [0.1, 0.15) is 17.3 Å². The summed E-state index contributed by atoms with van der Waals surface area (Å²) < 4.78 is 15.4. The summed E-state index contributed by atoms with van der Waals surface area (Å²) in [5, 5.41) is 10.1. The van der Waals surface area contributed by atoms with Gasteiger partial charge in [-0.2, -0.15) is 5.26 Å². The van der Waals surface area contributed by atoms with Crippen molar-refractivity contribution in [2.24, 2.45) is 5.73 Å². The van der Waals surface area contributed by atoms with Gasteiger partial charge in [0.15, 0.2) is 0 Å². The summed E-state index contributed by atoms with van der Waals surface area (Å²) in [5.41, 5.74) is 7.99. The molecule has 0 aromatic heterocycles. The van der Waals surface area contributed by atoms with Crippen LogP contribution in [0.15, 0.2) is 77.8 Å². The second-order valence-electron chi connectivity index (χ2n) is 6.97. The van der Waals surface area contributed by atoms with Crippen LogP contribution >= 0.6 is 0 Å². The van der Waals surface area contributed by atoms with Crippen molar-refractivity contribution < 1.29 is 23.8 Å². The first-order valence-electron chi connectivity index (χ1n) is 9.89. The molecule has 1 aliphatic rings. The average Bonchev–Trinajstić information content (AvgIpc) is 2.86. The number of nitriles is 1. The van der Waals surface area contributed by atoms with Crippen molar-refractivity contribution in [2.75, 3.05) is 26.2 Å². The summed E-state index contributed by atoms with van der Waals surface area (Å²) in [7, 11) is 3.92. The Labute approximate surface area is 191 Å². The third kappa shape index (κ3) is 4.04. The van der Waals surface area contributed by atoms with Crippen LogP contribution in [0.5, 0.6) is 5.75 Å². The molecule has 2 aromatic carbocycles. The van der Waals surface area contributed by atoms with E-state index in [1.807, 2.05) is 0 Å². The summed E-state index contributed by atoms with van der Waals surface area (Å²) in [4.78, 5) is 27.4. The number of carbonyl (C=O) groups is 2. The highest BCUT2D eigenvalue weighted by molar-refractivity contribution is 6.06. The number of allylic oxidation sites excluding steroid dienone is 1. The number of benzene rings is 2. The number of methoxy groups -OCH3 is 3. The molecule has 0 spiro atoms. The van der Waals surface area contributed by atoms with Gasteiger partial charge >= 0.3 is 11.9 Å². The molecule has 0 fully saturated rings. The van der Waals surface area contributed by atoms with Gasteiger partial charge in [0, 0.05) is 11.3 Å².